The van der Waals surface area contributed by atoms with E-state index in [1.54, 1.807) is 19.4 Å². The van der Waals surface area contributed by atoms with E-state index < -0.39 is 5.63 Å². The normalized spacial score (nSPS) is 11.1. The van der Waals surface area contributed by atoms with Crippen LogP contribution in [-0.4, -0.2) is 21.8 Å². The molecule has 0 unspecified atom stereocenters. The summed E-state index contributed by atoms with van der Waals surface area (Å²) in [5, 5.41) is 11.4. The molecule has 4 aromatic rings. The molecule has 0 saturated carbocycles. The van der Waals surface area contributed by atoms with Gasteiger partial charge in [0, 0.05) is 41.4 Å². The van der Waals surface area contributed by atoms with Gasteiger partial charge in [-0.25, -0.2) is 9.78 Å². The summed E-state index contributed by atoms with van der Waals surface area (Å²) in [6.07, 6.45) is 3.59. The van der Waals surface area contributed by atoms with Crippen molar-refractivity contribution < 1.29 is 14.3 Å². The zero-order chi connectivity index (χ0) is 19.7. The first-order chi connectivity index (χ1) is 13.5. The molecule has 1 N–H and O–H groups in total. The van der Waals surface area contributed by atoms with Crippen LogP contribution in [0.5, 0.6) is 11.5 Å². The van der Waals surface area contributed by atoms with Crippen molar-refractivity contribution in [3.63, 3.8) is 0 Å². The minimum Gasteiger partial charge on any atom is -0.506 e. The van der Waals surface area contributed by atoms with E-state index in [0.717, 1.165) is 22.2 Å². The lowest BCUT2D eigenvalue weighted by Crippen LogP contribution is -2.01. The quantitative estimate of drug-likeness (QED) is 0.378. The van der Waals surface area contributed by atoms with Gasteiger partial charge in [-0.15, -0.1) is 0 Å². The van der Waals surface area contributed by atoms with Gasteiger partial charge in [-0.1, -0.05) is 23.4 Å². The van der Waals surface area contributed by atoms with Gasteiger partial charge in [0.25, 0.3) is 0 Å². The van der Waals surface area contributed by atoms with Crippen LogP contribution < -0.4 is 10.4 Å². The number of hydrogen-bond donors (Lipinski definition) is 1. The van der Waals surface area contributed by atoms with Crippen LogP contribution in [0.2, 0.25) is 5.02 Å². The molecule has 2 aromatic heterocycles. The van der Waals surface area contributed by atoms with Crippen molar-refractivity contribution in [3.8, 4) is 17.2 Å². The van der Waals surface area contributed by atoms with E-state index in [1.165, 1.54) is 23.9 Å². The van der Waals surface area contributed by atoms with Gasteiger partial charge in [-0.3, -0.25) is 4.57 Å². The third-order valence-electron chi connectivity index (χ3n) is 4.21. The third kappa shape index (κ3) is 3.58. The topological polar surface area (TPSA) is 77.5 Å². The highest BCUT2D eigenvalue weighted by molar-refractivity contribution is 7.98. The van der Waals surface area contributed by atoms with Gasteiger partial charge in [0.15, 0.2) is 5.16 Å². The lowest BCUT2D eigenvalue weighted by atomic mass is 10.1. The molecule has 0 fully saturated rings. The van der Waals surface area contributed by atoms with Gasteiger partial charge in [-0.05, 0) is 35.9 Å². The average molecular weight is 415 g/mol. The van der Waals surface area contributed by atoms with Gasteiger partial charge in [0.1, 0.15) is 17.1 Å². The number of benzene rings is 2. The second-order valence-corrected chi connectivity index (χ2v) is 7.31. The number of methoxy groups -OCH3 is 1. The number of aromatic nitrogens is 2. The molecule has 142 valence electrons. The summed E-state index contributed by atoms with van der Waals surface area (Å²) in [6.45, 7) is 0. The molecule has 4 rings (SSSR count). The van der Waals surface area contributed by atoms with Crippen LogP contribution in [0.25, 0.3) is 16.7 Å². The minimum absolute atomic E-state index is 0.128. The number of aromatic hydroxyl groups is 1. The van der Waals surface area contributed by atoms with Crippen molar-refractivity contribution in [1.82, 2.24) is 9.55 Å². The van der Waals surface area contributed by atoms with E-state index in [4.69, 9.17) is 20.8 Å². The number of nitrogens with zero attached hydrogens (tertiary/aromatic N) is 2. The molecule has 2 heterocycles. The molecule has 28 heavy (non-hydrogen) atoms. The fourth-order valence-corrected chi connectivity index (χ4v) is 3.96. The molecule has 0 bridgehead atoms. The summed E-state index contributed by atoms with van der Waals surface area (Å²) < 4.78 is 12.3. The van der Waals surface area contributed by atoms with Crippen LogP contribution in [0.15, 0.2) is 69.2 Å². The molecule has 0 spiro atoms. The maximum absolute atomic E-state index is 11.9. The van der Waals surface area contributed by atoms with E-state index in [2.05, 4.69) is 4.98 Å². The Morgan fingerprint density at radius 2 is 2.04 bits per heavy atom. The number of phenolic OH excluding ortho intramolecular Hbond substituents is 1. The number of hydrogen-bond acceptors (Lipinski definition) is 6. The van der Waals surface area contributed by atoms with Gasteiger partial charge < -0.3 is 14.3 Å². The summed E-state index contributed by atoms with van der Waals surface area (Å²) in [5.41, 5.74) is 1.51. The van der Waals surface area contributed by atoms with E-state index in [9.17, 15) is 9.90 Å². The molecule has 2 aromatic carbocycles. The molecular weight excluding hydrogens is 400 g/mol. The highest BCUT2D eigenvalue weighted by atomic mass is 35.5. The fraction of sp³-hybridized carbons (Fsp3) is 0.100. The first-order valence-corrected chi connectivity index (χ1v) is 9.67. The van der Waals surface area contributed by atoms with Crippen molar-refractivity contribution in [3.05, 3.63) is 75.9 Å². The predicted molar refractivity (Wildman–Crippen MR) is 109 cm³/mol. The predicted octanol–water partition coefficient (Wildman–Crippen LogP) is 4.64. The molecule has 8 heteroatoms. The maximum atomic E-state index is 11.9. The van der Waals surface area contributed by atoms with Crippen molar-refractivity contribution >= 4 is 34.3 Å². The Labute approximate surface area is 169 Å². The first kappa shape index (κ1) is 18.5. The van der Waals surface area contributed by atoms with E-state index in [-0.39, 0.29) is 10.8 Å². The van der Waals surface area contributed by atoms with E-state index >= 15 is 0 Å². The van der Waals surface area contributed by atoms with Crippen molar-refractivity contribution in [1.29, 1.82) is 0 Å². The summed E-state index contributed by atoms with van der Waals surface area (Å²) in [4.78, 5) is 16.3. The van der Waals surface area contributed by atoms with E-state index in [0.29, 0.717) is 16.7 Å². The maximum Gasteiger partial charge on any atom is 0.336 e. The lowest BCUT2D eigenvalue weighted by molar-refractivity contribution is 0.414. The van der Waals surface area contributed by atoms with Crippen LogP contribution in [0, 0.1) is 0 Å². The monoisotopic (exact) mass is 414 g/mol. The Bertz CT molecular complexity index is 1200. The summed E-state index contributed by atoms with van der Waals surface area (Å²) in [5.74, 6) is 1.13. The molecule has 0 saturated heterocycles. The van der Waals surface area contributed by atoms with Crippen LogP contribution >= 0.6 is 23.4 Å². The SMILES string of the molecule is COc1ccc(-n2ccnc2SCc2cc(=O)oc3cc(O)c(Cl)cc23)cc1. The zero-order valence-electron chi connectivity index (χ0n) is 14.8. The number of fused-ring (bicyclic) bond motifs is 1. The van der Waals surface area contributed by atoms with Crippen molar-refractivity contribution in [2.24, 2.45) is 0 Å². The minimum atomic E-state index is -0.483. The number of phenols is 1. The molecular formula is C20H15ClN2O4S. The molecule has 0 aliphatic heterocycles. The largest absolute Gasteiger partial charge is 0.506 e. The zero-order valence-corrected chi connectivity index (χ0v) is 16.3. The van der Waals surface area contributed by atoms with Crippen LogP contribution in [0.4, 0.5) is 0 Å². The Balaban J connectivity index is 1.65. The molecule has 0 amide bonds. The first-order valence-electron chi connectivity index (χ1n) is 8.31. The van der Waals surface area contributed by atoms with Gasteiger partial charge >= 0.3 is 5.63 Å². The molecule has 0 atom stereocenters. The highest BCUT2D eigenvalue weighted by Gasteiger charge is 2.12. The highest BCUT2D eigenvalue weighted by Crippen LogP contribution is 2.32. The van der Waals surface area contributed by atoms with E-state index in [1.807, 2.05) is 35.0 Å². The van der Waals surface area contributed by atoms with Gasteiger partial charge in [0.05, 0.1) is 12.1 Å². The number of ether oxygens (including phenoxy) is 1. The summed E-state index contributed by atoms with van der Waals surface area (Å²) >= 11 is 7.51. The van der Waals surface area contributed by atoms with Crippen molar-refractivity contribution in [2.45, 2.75) is 10.9 Å². The van der Waals surface area contributed by atoms with Crippen molar-refractivity contribution in [2.75, 3.05) is 7.11 Å². The fourth-order valence-electron chi connectivity index (χ4n) is 2.83. The summed E-state index contributed by atoms with van der Waals surface area (Å²) in [6, 6.07) is 12.0. The number of halogens is 1. The Morgan fingerprint density at radius 3 is 2.79 bits per heavy atom. The molecule has 0 aliphatic carbocycles. The van der Waals surface area contributed by atoms with Crippen LogP contribution in [-0.2, 0) is 5.75 Å². The smallest absolute Gasteiger partial charge is 0.336 e. The molecule has 0 radical (unpaired) electrons. The lowest BCUT2D eigenvalue weighted by Gasteiger charge is -2.09. The molecule has 0 aliphatic rings. The third-order valence-corrected chi connectivity index (χ3v) is 5.53. The van der Waals surface area contributed by atoms with Crippen LogP contribution in [0.3, 0.4) is 0 Å². The van der Waals surface area contributed by atoms with Gasteiger partial charge in [0.2, 0.25) is 0 Å². The second-order valence-electron chi connectivity index (χ2n) is 5.96. The Kier molecular flexibility index (Phi) is 5.02. The van der Waals surface area contributed by atoms with Gasteiger partial charge in [-0.2, -0.15) is 0 Å². The Morgan fingerprint density at radius 1 is 1.25 bits per heavy atom. The second kappa shape index (κ2) is 7.61. The Hall–Kier alpha value is -2.90. The number of rotatable bonds is 5. The standard InChI is InChI=1S/C20H15ClN2O4S/c1-26-14-4-2-13(3-5-14)23-7-6-22-20(23)28-11-12-8-19(25)27-18-10-17(24)16(21)9-15(12)18/h2-10,24H,11H2,1H3. The average Bonchev–Trinajstić information content (AvgIpc) is 3.16. The molecule has 6 nitrogen and oxygen atoms in total. The van der Waals surface area contributed by atoms with Crippen LogP contribution in [0.1, 0.15) is 5.56 Å². The number of imidazole rings is 1. The number of thioether (sulfide) groups is 1. The summed E-state index contributed by atoms with van der Waals surface area (Å²) in [7, 11) is 1.63.